The normalized spacial score (nSPS) is 20.4. The molecule has 1 fully saturated rings. The summed E-state index contributed by atoms with van der Waals surface area (Å²) in [5.74, 6) is 1.03. The Balaban J connectivity index is 1.85. The highest BCUT2D eigenvalue weighted by atomic mass is 16.5. The fourth-order valence-corrected chi connectivity index (χ4v) is 2.84. The van der Waals surface area contributed by atoms with Crippen molar-refractivity contribution in [2.45, 2.75) is 52.1 Å². The van der Waals surface area contributed by atoms with E-state index in [1.807, 2.05) is 0 Å². The Kier molecular flexibility index (Phi) is 5.71. The highest BCUT2D eigenvalue weighted by Crippen LogP contribution is 2.19. The van der Waals surface area contributed by atoms with E-state index >= 15 is 0 Å². The number of aryl methyl sites for hydroxylation is 1. The van der Waals surface area contributed by atoms with E-state index in [4.69, 9.17) is 4.74 Å². The molecular weight excluding hydrogens is 234 g/mol. The summed E-state index contributed by atoms with van der Waals surface area (Å²) in [4.78, 5) is 2.53. The standard InChI is InChI=1S/C17H27NO/c1-3-6-15-8-10-16(11-9-15)19-17-7-5-13-18(14-17)12-4-2/h8-11,17H,3-7,12-14H2,1-2H3. The summed E-state index contributed by atoms with van der Waals surface area (Å²) < 4.78 is 6.12. The van der Waals surface area contributed by atoms with Gasteiger partial charge in [-0.25, -0.2) is 0 Å². The minimum Gasteiger partial charge on any atom is -0.489 e. The summed E-state index contributed by atoms with van der Waals surface area (Å²) in [7, 11) is 0. The van der Waals surface area contributed by atoms with Crippen LogP contribution in [-0.4, -0.2) is 30.6 Å². The van der Waals surface area contributed by atoms with E-state index in [1.54, 1.807) is 0 Å². The molecule has 1 atom stereocenters. The second-order valence-corrected chi connectivity index (χ2v) is 5.58. The van der Waals surface area contributed by atoms with Crippen molar-refractivity contribution >= 4 is 0 Å². The molecule has 1 heterocycles. The van der Waals surface area contributed by atoms with Crippen molar-refractivity contribution in [3.05, 3.63) is 29.8 Å². The summed E-state index contributed by atoms with van der Waals surface area (Å²) in [6.07, 6.45) is 6.42. The zero-order chi connectivity index (χ0) is 13.5. The fourth-order valence-electron chi connectivity index (χ4n) is 2.84. The van der Waals surface area contributed by atoms with Gasteiger partial charge < -0.3 is 4.74 Å². The first kappa shape index (κ1) is 14.4. The third-order valence-corrected chi connectivity index (χ3v) is 3.77. The maximum atomic E-state index is 6.12. The van der Waals surface area contributed by atoms with E-state index in [-0.39, 0.29) is 0 Å². The van der Waals surface area contributed by atoms with Crippen molar-refractivity contribution in [2.75, 3.05) is 19.6 Å². The molecule has 1 unspecified atom stereocenters. The highest BCUT2D eigenvalue weighted by molar-refractivity contribution is 5.27. The van der Waals surface area contributed by atoms with Crippen molar-refractivity contribution in [3.8, 4) is 5.75 Å². The van der Waals surface area contributed by atoms with Crippen molar-refractivity contribution in [2.24, 2.45) is 0 Å². The van der Waals surface area contributed by atoms with Gasteiger partial charge in [-0.1, -0.05) is 32.4 Å². The molecule has 0 aliphatic carbocycles. The highest BCUT2D eigenvalue weighted by Gasteiger charge is 2.20. The van der Waals surface area contributed by atoms with Gasteiger partial charge in [0.1, 0.15) is 11.9 Å². The molecule has 0 radical (unpaired) electrons. The number of ether oxygens (including phenoxy) is 1. The Labute approximate surface area is 117 Å². The first-order valence-corrected chi connectivity index (χ1v) is 7.79. The fraction of sp³-hybridized carbons (Fsp3) is 0.647. The monoisotopic (exact) mass is 261 g/mol. The minimum absolute atomic E-state index is 0.373. The molecule has 106 valence electrons. The van der Waals surface area contributed by atoms with E-state index in [9.17, 15) is 0 Å². The number of likely N-dealkylation sites (tertiary alicyclic amines) is 1. The SMILES string of the molecule is CCCc1ccc(OC2CCCN(CCC)C2)cc1. The van der Waals surface area contributed by atoms with E-state index < -0.39 is 0 Å². The predicted octanol–water partition coefficient (Wildman–Crippen LogP) is 3.89. The second kappa shape index (κ2) is 7.54. The molecule has 0 saturated carbocycles. The zero-order valence-electron chi connectivity index (χ0n) is 12.4. The molecule has 1 aliphatic rings. The molecule has 2 nitrogen and oxygen atoms in total. The Hall–Kier alpha value is -1.02. The van der Waals surface area contributed by atoms with Gasteiger partial charge in [-0.15, -0.1) is 0 Å². The lowest BCUT2D eigenvalue weighted by Gasteiger charge is -2.32. The first-order valence-electron chi connectivity index (χ1n) is 7.79. The van der Waals surface area contributed by atoms with Gasteiger partial charge in [0.25, 0.3) is 0 Å². The van der Waals surface area contributed by atoms with Crippen molar-refractivity contribution in [1.82, 2.24) is 4.90 Å². The van der Waals surface area contributed by atoms with Crippen LogP contribution in [0.5, 0.6) is 5.75 Å². The van der Waals surface area contributed by atoms with Gasteiger partial charge in [0.05, 0.1) is 0 Å². The Morgan fingerprint density at radius 2 is 1.95 bits per heavy atom. The number of benzene rings is 1. The number of rotatable bonds is 6. The quantitative estimate of drug-likeness (QED) is 0.770. The van der Waals surface area contributed by atoms with Crippen LogP contribution >= 0.6 is 0 Å². The lowest BCUT2D eigenvalue weighted by Crippen LogP contribution is -2.41. The van der Waals surface area contributed by atoms with Gasteiger partial charge in [0, 0.05) is 6.54 Å². The van der Waals surface area contributed by atoms with Crippen LogP contribution in [0.2, 0.25) is 0 Å². The molecule has 0 N–H and O–H groups in total. The molecule has 0 amide bonds. The van der Waals surface area contributed by atoms with E-state index in [0.717, 1.165) is 18.7 Å². The van der Waals surface area contributed by atoms with Gasteiger partial charge in [0.15, 0.2) is 0 Å². The maximum absolute atomic E-state index is 6.12. The second-order valence-electron chi connectivity index (χ2n) is 5.58. The van der Waals surface area contributed by atoms with Crippen molar-refractivity contribution in [1.29, 1.82) is 0 Å². The van der Waals surface area contributed by atoms with E-state index in [1.165, 1.54) is 44.3 Å². The van der Waals surface area contributed by atoms with Gasteiger partial charge >= 0.3 is 0 Å². The van der Waals surface area contributed by atoms with Crippen LogP contribution in [0.4, 0.5) is 0 Å². The average Bonchev–Trinajstić information content (AvgIpc) is 2.42. The molecule has 0 spiro atoms. The molecular formula is C17H27NO. The topological polar surface area (TPSA) is 12.5 Å². The van der Waals surface area contributed by atoms with Crippen LogP contribution in [0.1, 0.15) is 45.1 Å². The molecule has 0 bridgehead atoms. The van der Waals surface area contributed by atoms with Crippen molar-refractivity contribution < 1.29 is 4.74 Å². The van der Waals surface area contributed by atoms with Gasteiger partial charge in [-0.05, 0) is 56.5 Å². The van der Waals surface area contributed by atoms with Gasteiger partial charge in [0.2, 0.25) is 0 Å². The van der Waals surface area contributed by atoms with Gasteiger partial charge in [-0.2, -0.15) is 0 Å². The Morgan fingerprint density at radius 1 is 1.16 bits per heavy atom. The van der Waals surface area contributed by atoms with Crippen LogP contribution in [0.25, 0.3) is 0 Å². The van der Waals surface area contributed by atoms with Crippen LogP contribution < -0.4 is 4.74 Å². The third-order valence-electron chi connectivity index (χ3n) is 3.77. The molecule has 2 rings (SSSR count). The maximum Gasteiger partial charge on any atom is 0.119 e. The van der Waals surface area contributed by atoms with Crippen LogP contribution in [0, 0.1) is 0 Å². The lowest BCUT2D eigenvalue weighted by atomic mass is 10.1. The number of nitrogens with zero attached hydrogens (tertiary/aromatic N) is 1. The van der Waals surface area contributed by atoms with Crippen LogP contribution in [0.3, 0.4) is 0 Å². The Bertz CT molecular complexity index is 358. The summed E-state index contributed by atoms with van der Waals surface area (Å²) >= 11 is 0. The summed E-state index contributed by atoms with van der Waals surface area (Å²) in [6.45, 7) is 7.99. The summed E-state index contributed by atoms with van der Waals surface area (Å²) in [6, 6.07) is 8.66. The molecule has 1 aromatic rings. The van der Waals surface area contributed by atoms with Crippen molar-refractivity contribution in [3.63, 3.8) is 0 Å². The number of piperidine rings is 1. The van der Waals surface area contributed by atoms with Crippen LogP contribution in [0.15, 0.2) is 24.3 Å². The molecule has 19 heavy (non-hydrogen) atoms. The minimum atomic E-state index is 0.373. The van der Waals surface area contributed by atoms with Crippen LogP contribution in [-0.2, 0) is 6.42 Å². The zero-order valence-corrected chi connectivity index (χ0v) is 12.4. The molecule has 0 aromatic heterocycles. The number of hydrogen-bond donors (Lipinski definition) is 0. The summed E-state index contributed by atoms with van der Waals surface area (Å²) in [5, 5.41) is 0. The Morgan fingerprint density at radius 3 is 2.63 bits per heavy atom. The molecule has 1 saturated heterocycles. The molecule has 1 aliphatic heterocycles. The molecule has 2 heteroatoms. The smallest absolute Gasteiger partial charge is 0.119 e. The first-order chi connectivity index (χ1) is 9.31. The lowest BCUT2D eigenvalue weighted by molar-refractivity contribution is 0.0887. The largest absolute Gasteiger partial charge is 0.489 e. The molecule has 1 aromatic carbocycles. The summed E-state index contributed by atoms with van der Waals surface area (Å²) in [5.41, 5.74) is 1.41. The average molecular weight is 261 g/mol. The van der Waals surface area contributed by atoms with Gasteiger partial charge in [-0.3, -0.25) is 4.90 Å². The predicted molar refractivity (Wildman–Crippen MR) is 80.8 cm³/mol. The van der Waals surface area contributed by atoms with E-state index in [0.29, 0.717) is 6.10 Å². The van der Waals surface area contributed by atoms with E-state index in [2.05, 4.69) is 43.0 Å². The third kappa shape index (κ3) is 4.54. The number of hydrogen-bond acceptors (Lipinski definition) is 2.